The zero-order valence-electron chi connectivity index (χ0n) is 13.5. The van der Waals surface area contributed by atoms with Gasteiger partial charge in [0.15, 0.2) is 0 Å². The Hall–Kier alpha value is -2.34. The van der Waals surface area contributed by atoms with Crippen LogP contribution in [0.1, 0.15) is 36.2 Å². The van der Waals surface area contributed by atoms with Crippen LogP contribution < -0.4 is 16.0 Å². The number of anilines is 1. The molecule has 1 heterocycles. The van der Waals surface area contributed by atoms with Crippen molar-refractivity contribution in [3.05, 3.63) is 52.2 Å². The number of hydrogen-bond donors (Lipinski definition) is 3. The highest BCUT2D eigenvalue weighted by molar-refractivity contribution is 7.09. The van der Waals surface area contributed by atoms with Gasteiger partial charge < -0.3 is 16.0 Å². The normalized spacial score (nSPS) is 14.7. The summed E-state index contributed by atoms with van der Waals surface area (Å²) in [6.07, 6.45) is 1.98. The predicted octanol–water partition coefficient (Wildman–Crippen LogP) is 3.66. The second kappa shape index (κ2) is 7.49. The molecule has 0 radical (unpaired) electrons. The summed E-state index contributed by atoms with van der Waals surface area (Å²) in [5.41, 5.74) is 1.79. The molecule has 0 saturated heterocycles. The molecule has 3 N–H and O–H groups in total. The van der Waals surface area contributed by atoms with E-state index >= 15 is 0 Å². The van der Waals surface area contributed by atoms with E-state index in [0.717, 1.165) is 29.0 Å². The molecule has 24 heavy (non-hydrogen) atoms. The van der Waals surface area contributed by atoms with E-state index in [1.54, 1.807) is 11.3 Å². The highest BCUT2D eigenvalue weighted by Crippen LogP contribution is 2.30. The van der Waals surface area contributed by atoms with Crippen molar-refractivity contribution in [3.8, 4) is 0 Å². The topological polar surface area (TPSA) is 70.2 Å². The second-order valence-corrected chi connectivity index (χ2v) is 7.05. The third-order valence-corrected chi connectivity index (χ3v) is 4.85. The average Bonchev–Trinajstić information content (AvgIpc) is 3.30. The Morgan fingerprint density at radius 3 is 2.58 bits per heavy atom. The number of thiophene rings is 1. The lowest BCUT2D eigenvalue weighted by atomic mass is 10.1. The maximum atomic E-state index is 11.9. The summed E-state index contributed by atoms with van der Waals surface area (Å²) in [5, 5.41) is 10.7. The first-order chi connectivity index (χ1) is 11.6. The lowest BCUT2D eigenvalue weighted by Crippen LogP contribution is -2.36. The summed E-state index contributed by atoms with van der Waals surface area (Å²) < 4.78 is 0. The molecule has 3 rings (SSSR count). The van der Waals surface area contributed by atoms with Crippen molar-refractivity contribution in [2.24, 2.45) is 5.92 Å². The molecule has 126 valence electrons. The van der Waals surface area contributed by atoms with Crippen LogP contribution in [0.15, 0.2) is 41.8 Å². The Labute approximate surface area is 145 Å². The maximum Gasteiger partial charge on any atom is 0.315 e. The number of urea groups is 1. The van der Waals surface area contributed by atoms with Crippen LogP contribution in [-0.4, -0.2) is 11.9 Å². The van der Waals surface area contributed by atoms with Gasteiger partial charge in [-0.15, -0.1) is 11.3 Å². The Bertz CT molecular complexity index is 694. The summed E-state index contributed by atoms with van der Waals surface area (Å²) in [6.45, 7) is 2.46. The van der Waals surface area contributed by atoms with Gasteiger partial charge in [-0.05, 0) is 48.9 Å². The van der Waals surface area contributed by atoms with Gasteiger partial charge in [0.2, 0.25) is 5.91 Å². The van der Waals surface area contributed by atoms with E-state index in [2.05, 4.69) is 16.0 Å². The van der Waals surface area contributed by atoms with Gasteiger partial charge in [-0.1, -0.05) is 18.2 Å². The predicted molar refractivity (Wildman–Crippen MR) is 95.9 cm³/mol. The second-order valence-electron chi connectivity index (χ2n) is 6.01. The van der Waals surface area contributed by atoms with E-state index in [1.165, 1.54) is 0 Å². The van der Waals surface area contributed by atoms with Crippen LogP contribution in [0.5, 0.6) is 0 Å². The smallest absolute Gasteiger partial charge is 0.315 e. The van der Waals surface area contributed by atoms with Gasteiger partial charge in [-0.2, -0.15) is 0 Å². The first-order valence-corrected chi connectivity index (χ1v) is 8.97. The number of rotatable bonds is 6. The molecule has 1 aliphatic rings. The minimum atomic E-state index is -0.193. The van der Waals surface area contributed by atoms with Gasteiger partial charge in [0.05, 0.1) is 12.6 Å². The molecular weight excluding hydrogens is 322 g/mol. The fourth-order valence-corrected chi connectivity index (χ4v) is 3.00. The lowest BCUT2D eigenvalue weighted by Gasteiger charge is -2.15. The van der Waals surface area contributed by atoms with Crippen molar-refractivity contribution in [1.29, 1.82) is 0 Å². The van der Waals surface area contributed by atoms with E-state index in [0.29, 0.717) is 6.54 Å². The molecule has 1 fully saturated rings. The molecule has 1 saturated carbocycles. The molecule has 1 aromatic heterocycles. The van der Waals surface area contributed by atoms with E-state index in [-0.39, 0.29) is 23.9 Å². The number of benzene rings is 1. The van der Waals surface area contributed by atoms with Gasteiger partial charge in [0, 0.05) is 16.5 Å². The number of carbonyl (C=O) groups excluding carboxylic acids is 2. The van der Waals surface area contributed by atoms with Gasteiger partial charge >= 0.3 is 6.03 Å². The van der Waals surface area contributed by atoms with Gasteiger partial charge in [-0.25, -0.2) is 4.79 Å². The number of amides is 3. The first-order valence-electron chi connectivity index (χ1n) is 8.09. The minimum absolute atomic E-state index is 0.0990. The summed E-state index contributed by atoms with van der Waals surface area (Å²) >= 11 is 1.62. The fourth-order valence-electron chi connectivity index (χ4n) is 2.36. The van der Waals surface area contributed by atoms with Gasteiger partial charge in [0.1, 0.15) is 0 Å². The van der Waals surface area contributed by atoms with Crippen LogP contribution in [0.2, 0.25) is 0 Å². The zero-order chi connectivity index (χ0) is 16.9. The third kappa shape index (κ3) is 4.58. The Morgan fingerprint density at radius 2 is 1.96 bits per heavy atom. The number of hydrogen-bond acceptors (Lipinski definition) is 3. The zero-order valence-corrected chi connectivity index (χ0v) is 14.4. The van der Waals surface area contributed by atoms with E-state index in [9.17, 15) is 9.59 Å². The van der Waals surface area contributed by atoms with Crippen molar-refractivity contribution in [2.75, 3.05) is 5.32 Å². The molecule has 0 bridgehead atoms. The number of carbonyl (C=O) groups is 2. The molecule has 0 aliphatic heterocycles. The van der Waals surface area contributed by atoms with Crippen molar-refractivity contribution < 1.29 is 9.59 Å². The van der Waals surface area contributed by atoms with Crippen LogP contribution in [0.4, 0.5) is 10.5 Å². The Balaban J connectivity index is 1.47. The van der Waals surface area contributed by atoms with Crippen molar-refractivity contribution in [1.82, 2.24) is 10.6 Å². The van der Waals surface area contributed by atoms with Crippen molar-refractivity contribution in [2.45, 2.75) is 32.4 Å². The van der Waals surface area contributed by atoms with Gasteiger partial charge in [-0.3, -0.25) is 4.79 Å². The molecule has 1 aromatic carbocycles. The van der Waals surface area contributed by atoms with Crippen LogP contribution in [0.3, 0.4) is 0 Å². The molecule has 5 nitrogen and oxygen atoms in total. The van der Waals surface area contributed by atoms with Crippen LogP contribution in [0.25, 0.3) is 0 Å². The van der Waals surface area contributed by atoms with Crippen LogP contribution in [0, 0.1) is 5.92 Å². The Morgan fingerprint density at radius 1 is 1.21 bits per heavy atom. The first kappa shape index (κ1) is 16.5. The van der Waals surface area contributed by atoms with Crippen molar-refractivity contribution >= 4 is 29.0 Å². The van der Waals surface area contributed by atoms with E-state index in [1.807, 2.05) is 48.7 Å². The Kier molecular flexibility index (Phi) is 5.15. The third-order valence-electron chi connectivity index (χ3n) is 3.98. The lowest BCUT2D eigenvalue weighted by molar-refractivity contribution is -0.117. The monoisotopic (exact) mass is 343 g/mol. The summed E-state index contributed by atoms with van der Waals surface area (Å²) in [4.78, 5) is 24.8. The summed E-state index contributed by atoms with van der Waals surface area (Å²) in [6, 6.07) is 11.2. The summed E-state index contributed by atoms with van der Waals surface area (Å²) in [5.74, 6) is 0.291. The van der Waals surface area contributed by atoms with Gasteiger partial charge in [0.25, 0.3) is 0 Å². The fraction of sp³-hybridized carbons (Fsp3) is 0.333. The molecule has 3 amide bonds. The highest BCUT2D eigenvalue weighted by Gasteiger charge is 2.29. The minimum Gasteiger partial charge on any atom is -0.333 e. The highest BCUT2D eigenvalue weighted by atomic mass is 32.1. The maximum absolute atomic E-state index is 11.9. The van der Waals surface area contributed by atoms with E-state index < -0.39 is 0 Å². The molecule has 6 heteroatoms. The molecule has 2 aromatic rings. The molecular formula is C18H21N3O2S. The quantitative estimate of drug-likeness (QED) is 0.749. The van der Waals surface area contributed by atoms with E-state index in [4.69, 9.17) is 0 Å². The standard InChI is InChI=1S/C18H21N3O2S/c1-12(20-18(23)19-11-16-3-2-10-24-16)13-6-8-15(9-7-13)21-17(22)14-4-5-14/h2-3,6-10,12,14H,4-5,11H2,1H3,(H,21,22)(H2,19,20,23)/t12-/m0/s1. The molecule has 0 unspecified atom stereocenters. The molecule has 0 spiro atoms. The van der Waals surface area contributed by atoms with Crippen LogP contribution in [-0.2, 0) is 11.3 Å². The molecule has 1 atom stereocenters. The SMILES string of the molecule is C[C@H](NC(=O)NCc1cccs1)c1ccc(NC(=O)C2CC2)cc1. The number of nitrogens with one attached hydrogen (secondary N) is 3. The van der Waals surface area contributed by atoms with Crippen molar-refractivity contribution in [3.63, 3.8) is 0 Å². The summed E-state index contributed by atoms with van der Waals surface area (Å²) in [7, 11) is 0. The van der Waals surface area contributed by atoms with Crippen LogP contribution >= 0.6 is 11.3 Å². The largest absolute Gasteiger partial charge is 0.333 e. The molecule has 1 aliphatic carbocycles. The average molecular weight is 343 g/mol.